The van der Waals surface area contributed by atoms with E-state index in [0.717, 1.165) is 17.1 Å². The normalized spacial score (nSPS) is 12.7. The van der Waals surface area contributed by atoms with Crippen LogP contribution >= 0.6 is 11.3 Å². The second-order valence-corrected chi connectivity index (χ2v) is 15.9. The Kier molecular flexibility index (Phi) is 7.98. The molecule has 1 aliphatic carbocycles. The maximum Gasteiger partial charge on any atom is 0.0713 e. The summed E-state index contributed by atoms with van der Waals surface area (Å²) >= 11 is 1.87. The molecular weight excluding hydrogens is 707 g/mol. The highest BCUT2D eigenvalue weighted by atomic mass is 32.1. The summed E-state index contributed by atoms with van der Waals surface area (Å²) in [6.07, 6.45) is 0. The number of thiophene rings is 1. The summed E-state index contributed by atoms with van der Waals surface area (Å²) < 4.78 is 2.55. The average molecular weight is 744 g/mol. The van der Waals surface area contributed by atoms with E-state index in [1.165, 1.54) is 75.8 Å². The monoisotopic (exact) mass is 743 g/mol. The molecule has 0 radical (unpaired) electrons. The fraction of sp³-hybridized carbons (Fsp3) is 0.0182. The van der Waals surface area contributed by atoms with Crippen LogP contribution in [0, 0.1) is 0 Å². The molecule has 0 aliphatic heterocycles. The Bertz CT molecular complexity index is 2940. The summed E-state index contributed by atoms with van der Waals surface area (Å²) in [4.78, 5) is 2.47. The lowest BCUT2D eigenvalue weighted by atomic mass is 9.67. The number of rotatable bonds is 7. The third-order valence-corrected chi connectivity index (χ3v) is 12.9. The van der Waals surface area contributed by atoms with Gasteiger partial charge >= 0.3 is 0 Å². The lowest BCUT2D eigenvalue weighted by molar-refractivity contribution is 0.770. The molecule has 0 saturated heterocycles. The summed E-state index contributed by atoms with van der Waals surface area (Å²) in [6, 6.07) is 82.5. The lowest BCUT2D eigenvalue weighted by Crippen LogP contribution is -2.28. The topological polar surface area (TPSA) is 3.24 Å². The van der Waals surface area contributed by atoms with E-state index in [1.54, 1.807) is 0 Å². The van der Waals surface area contributed by atoms with Gasteiger partial charge in [-0.3, -0.25) is 0 Å². The first-order valence-electron chi connectivity index (χ1n) is 19.6. The molecule has 10 aromatic rings. The highest BCUT2D eigenvalue weighted by Crippen LogP contribution is 2.57. The molecule has 0 spiro atoms. The molecule has 0 unspecified atom stereocenters. The van der Waals surface area contributed by atoms with Crippen molar-refractivity contribution in [2.75, 3.05) is 4.90 Å². The summed E-state index contributed by atoms with van der Waals surface area (Å²) in [5.41, 5.74) is 15.5. The highest BCUT2D eigenvalue weighted by molar-refractivity contribution is 7.26. The zero-order valence-corrected chi connectivity index (χ0v) is 32.0. The van der Waals surface area contributed by atoms with E-state index < -0.39 is 5.41 Å². The van der Waals surface area contributed by atoms with Crippen molar-refractivity contribution >= 4 is 48.6 Å². The molecule has 9 aromatic carbocycles. The van der Waals surface area contributed by atoms with Crippen molar-refractivity contribution in [2.45, 2.75) is 5.41 Å². The van der Waals surface area contributed by atoms with E-state index in [0.29, 0.717) is 0 Å². The van der Waals surface area contributed by atoms with Gasteiger partial charge in [0.05, 0.1) is 11.1 Å². The van der Waals surface area contributed by atoms with Gasteiger partial charge in [-0.05, 0) is 104 Å². The number of hydrogen-bond acceptors (Lipinski definition) is 2. The Morgan fingerprint density at radius 3 is 1.46 bits per heavy atom. The van der Waals surface area contributed by atoms with Gasteiger partial charge in [0.1, 0.15) is 0 Å². The molecule has 0 N–H and O–H groups in total. The maximum atomic E-state index is 2.50. The van der Waals surface area contributed by atoms with Gasteiger partial charge in [-0.25, -0.2) is 0 Å². The Balaban J connectivity index is 1.18. The molecular formula is C55H37NS. The molecule has 2 heteroatoms. The number of fused-ring (bicyclic) bond motifs is 6. The van der Waals surface area contributed by atoms with Gasteiger partial charge in [0.2, 0.25) is 0 Å². The minimum absolute atomic E-state index is 0.473. The Labute approximate surface area is 337 Å². The number of hydrogen-bond donors (Lipinski definition) is 0. The van der Waals surface area contributed by atoms with Crippen LogP contribution in [0.15, 0.2) is 224 Å². The predicted molar refractivity (Wildman–Crippen MR) is 242 cm³/mol. The minimum atomic E-state index is -0.473. The molecule has 57 heavy (non-hydrogen) atoms. The fourth-order valence-corrected chi connectivity index (χ4v) is 10.4. The van der Waals surface area contributed by atoms with Crippen LogP contribution in [0.5, 0.6) is 0 Å². The quantitative estimate of drug-likeness (QED) is 0.157. The van der Waals surface area contributed by atoms with Gasteiger partial charge < -0.3 is 4.90 Å². The predicted octanol–water partition coefficient (Wildman–Crippen LogP) is 15.2. The van der Waals surface area contributed by atoms with Crippen LogP contribution in [0.1, 0.15) is 22.3 Å². The first-order valence-corrected chi connectivity index (χ1v) is 20.4. The lowest BCUT2D eigenvalue weighted by Gasteiger charge is -2.34. The van der Waals surface area contributed by atoms with Gasteiger partial charge in [0.25, 0.3) is 0 Å². The molecule has 0 fully saturated rings. The number of anilines is 3. The minimum Gasteiger partial charge on any atom is -0.310 e. The van der Waals surface area contributed by atoms with Crippen LogP contribution in [0.3, 0.4) is 0 Å². The molecule has 1 aromatic heterocycles. The van der Waals surface area contributed by atoms with Crippen LogP contribution in [0.4, 0.5) is 17.1 Å². The molecule has 0 amide bonds. The first-order chi connectivity index (χ1) is 28.3. The van der Waals surface area contributed by atoms with E-state index in [9.17, 15) is 0 Å². The van der Waals surface area contributed by atoms with Crippen molar-refractivity contribution in [1.82, 2.24) is 0 Å². The molecule has 1 nitrogen and oxygen atoms in total. The van der Waals surface area contributed by atoms with Crippen molar-refractivity contribution in [3.05, 3.63) is 247 Å². The van der Waals surface area contributed by atoms with Gasteiger partial charge in [0, 0.05) is 31.5 Å². The fourth-order valence-electron chi connectivity index (χ4n) is 9.28. The van der Waals surface area contributed by atoms with E-state index in [1.807, 2.05) is 11.3 Å². The van der Waals surface area contributed by atoms with Crippen molar-refractivity contribution in [1.29, 1.82) is 0 Å². The summed E-state index contributed by atoms with van der Waals surface area (Å²) in [7, 11) is 0. The van der Waals surface area contributed by atoms with Gasteiger partial charge in [-0.1, -0.05) is 176 Å². The van der Waals surface area contributed by atoms with E-state index in [2.05, 4.69) is 229 Å². The summed E-state index contributed by atoms with van der Waals surface area (Å²) in [5.74, 6) is 0. The SMILES string of the molecule is c1ccc(-c2cccc(N(c3cccc(-c4ccccc4)c3)c3cccc4sc5ccc(C6(c7ccccc7)c7ccccc7-c7ccccc76)cc5c34)c2)cc1. The van der Waals surface area contributed by atoms with Crippen LogP contribution in [-0.4, -0.2) is 0 Å². The van der Waals surface area contributed by atoms with Gasteiger partial charge in [-0.15, -0.1) is 11.3 Å². The Morgan fingerprint density at radius 2 is 0.860 bits per heavy atom. The van der Waals surface area contributed by atoms with E-state index in [4.69, 9.17) is 0 Å². The Hall–Kier alpha value is -7.00. The molecule has 0 bridgehead atoms. The molecule has 11 rings (SSSR count). The highest BCUT2D eigenvalue weighted by Gasteiger charge is 2.46. The molecule has 0 saturated carbocycles. The molecule has 268 valence electrons. The van der Waals surface area contributed by atoms with Gasteiger partial charge in [0.15, 0.2) is 0 Å². The van der Waals surface area contributed by atoms with Crippen molar-refractivity contribution in [2.24, 2.45) is 0 Å². The first kappa shape index (κ1) is 33.3. The summed E-state index contributed by atoms with van der Waals surface area (Å²) in [5, 5.41) is 2.53. The average Bonchev–Trinajstić information content (AvgIpc) is 3.82. The standard InChI is InChI=1S/C55H37NS/c1-4-17-38(18-5-1)40-21-14-25-44(35-40)56(45-26-15-22-41(36-45)39-19-6-2-7-20-39)51-31-16-32-53-54(51)48-37-43(33-34-52(48)57-53)55(42-23-8-3-9-24-42)49-29-12-10-27-46(49)47-28-11-13-30-50(47)55/h1-37H. The zero-order chi connectivity index (χ0) is 37.8. The third kappa shape index (κ3) is 5.37. The van der Waals surface area contributed by atoms with Gasteiger partial charge in [-0.2, -0.15) is 0 Å². The molecule has 1 heterocycles. The van der Waals surface area contributed by atoms with E-state index in [-0.39, 0.29) is 0 Å². The second-order valence-electron chi connectivity index (χ2n) is 14.8. The number of nitrogens with zero attached hydrogens (tertiary/aromatic N) is 1. The third-order valence-electron chi connectivity index (χ3n) is 11.7. The zero-order valence-electron chi connectivity index (χ0n) is 31.2. The van der Waals surface area contributed by atoms with Crippen molar-refractivity contribution in [3.8, 4) is 33.4 Å². The molecule has 1 aliphatic rings. The number of benzene rings is 9. The van der Waals surface area contributed by atoms with Crippen LogP contribution in [0.25, 0.3) is 53.6 Å². The second kappa shape index (κ2) is 13.6. The van der Waals surface area contributed by atoms with Crippen LogP contribution < -0.4 is 4.90 Å². The smallest absolute Gasteiger partial charge is 0.0713 e. The maximum absolute atomic E-state index is 2.50. The van der Waals surface area contributed by atoms with Crippen molar-refractivity contribution in [3.63, 3.8) is 0 Å². The van der Waals surface area contributed by atoms with Crippen molar-refractivity contribution < 1.29 is 0 Å². The van der Waals surface area contributed by atoms with Crippen LogP contribution in [-0.2, 0) is 5.41 Å². The summed E-state index contributed by atoms with van der Waals surface area (Å²) in [6.45, 7) is 0. The largest absolute Gasteiger partial charge is 0.310 e. The van der Waals surface area contributed by atoms with Crippen LogP contribution in [0.2, 0.25) is 0 Å². The van der Waals surface area contributed by atoms with E-state index >= 15 is 0 Å². The Morgan fingerprint density at radius 1 is 0.351 bits per heavy atom. The molecule has 0 atom stereocenters.